The fourth-order valence-corrected chi connectivity index (χ4v) is 2.23. The van der Waals surface area contributed by atoms with E-state index in [1.54, 1.807) is 18.2 Å². The molecule has 6 heteroatoms. The van der Waals surface area contributed by atoms with Crippen LogP contribution in [0.3, 0.4) is 0 Å². The van der Waals surface area contributed by atoms with Gasteiger partial charge < -0.3 is 10.1 Å². The predicted molar refractivity (Wildman–Crippen MR) is 86.2 cm³/mol. The second-order valence-corrected chi connectivity index (χ2v) is 5.43. The first-order valence-corrected chi connectivity index (χ1v) is 7.43. The summed E-state index contributed by atoms with van der Waals surface area (Å²) < 4.78 is 18.2. The lowest BCUT2D eigenvalue weighted by atomic mass is 10.2. The van der Waals surface area contributed by atoms with Gasteiger partial charge in [0.15, 0.2) is 0 Å². The molecule has 1 amide bonds. The maximum atomic E-state index is 12.7. The van der Waals surface area contributed by atoms with Gasteiger partial charge in [-0.1, -0.05) is 23.2 Å². The Kier molecular flexibility index (Phi) is 6.04. The molecule has 0 spiro atoms. The van der Waals surface area contributed by atoms with Crippen LogP contribution in [-0.2, 0) is 4.79 Å². The fourth-order valence-electron chi connectivity index (χ4n) is 1.76. The predicted octanol–water partition coefficient (Wildman–Crippen LogP) is 4.93. The van der Waals surface area contributed by atoms with E-state index in [0.29, 0.717) is 40.9 Å². The van der Waals surface area contributed by atoms with Crippen LogP contribution in [0.2, 0.25) is 10.0 Å². The molecule has 0 fully saturated rings. The molecule has 0 aromatic heterocycles. The van der Waals surface area contributed by atoms with E-state index < -0.39 is 0 Å². The van der Waals surface area contributed by atoms with Crippen LogP contribution in [-0.4, -0.2) is 12.5 Å². The molecule has 0 aliphatic heterocycles. The highest BCUT2D eigenvalue weighted by atomic mass is 35.5. The van der Waals surface area contributed by atoms with Crippen LogP contribution in [0.15, 0.2) is 42.5 Å². The molecular formula is C16H14Cl2FNO2. The van der Waals surface area contributed by atoms with E-state index in [4.69, 9.17) is 27.9 Å². The zero-order valence-electron chi connectivity index (χ0n) is 11.6. The summed E-state index contributed by atoms with van der Waals surface area (Å²) in [6.45, 7) is 0.359. The Hall–Kier alpha value is -1.78. The summed E-state index contributed by atoms with van der Waals surface area (Å²) in [5, 5.41) is 3.65. The molecular weight excluding hydrogens is 328 g/mol. The number of nitrogens with one attached hydrogen (secondary N) is 1. The van der Waals surface area contributed by atoms with E-state index in [0.717, 1.165) is 0 Å². The lowest BCUT2D eigenvalue weighted by Gasteiger charge is -2.08. The zero-order chi connectivity index (χ0) is 15.9. The zero-order valence-corrected chi connectivity index (χ0v) is 13.1. The van der Waals surface area contributed by atoms with Crippen molar-refractivity contribution in [2.24, 2.45) is 0 Å². The van der Waals surface area contributed by atoms with Crippen molar-refractivity contribution in [1.29, 1.82) is 0 Å². The molecule has 2 rings (SSSR count). The summed E-state index contributed by atoms with van der Waals surface area (Å²) in [7, 11) is 0. The highest BCUT2D eigenvalue weighted by Gasteiger charge is 2.05. The van der Waals surface area contributed by atoms with Crippen LogP contribution in [0, 0.1) is 5.82 Å². The smallest absolute Gasteiger partial charge is 0.224 e. The standard InChI is InChI=1S/C16H14Cl2FNO2/c17-11-3-8-15(14(18)10-11)22-9-1-2-16(21)20-13-6-4-12(19)5-7-13/h3-8,10H,1-2,9H2,(H,20,21). The van der Waals surface area contributed by atoms with Crippen molar-refractivity contribution in [2.45, 2.75) is 12.8 Å². The average Bonchev–Trinajstić information content (AvgIpc) is 2.48. The van der Waals surface area contributed by atoms with Crippen LogP contribution >= 0.6 is 23.2 Å². The summed E-state index contributed by atoms with van der Waals surface area (Å²) in [6, 6.07) is 10.6. The quantitative estimate of drug-likeness (QED) is 0.756. The van der Waals surface area contributed by atoms with Gasteiger partial charge in [-0.15, -0.1) is 0 Å². The molecule has 3 nitrogen and oxygen atoms in total. The van der Waals surface area contributed by atoms with Crippen molar-refractivity contribution in [1.82, 2.24) is 0 Å². The van der Waals surface area contributed by atoms with E-state index in [1.165, 1.54) is 24.3 Å². The van der Waals surface area contributed by atoms with Gasteiger partial charge in [0.25, 0.3) is 0 Å². The monoisotopic (exact) mass is 341 g/mol. The molecule has 0 bridgehead atoms. The number of halogens is 3. The number of amides is 1. The second kappa shape index (κ2) is 8.01. The summed E-state index contributed by atoms with van der Waals surface area (Å²) >= 11 is 11.8. The number of ether oxygens (including phenoxy) is 1. The summed E-state index contributed by atoms with van der Waals surface area (Å²) in [5.41, 5.74) is 0.563. The Morgan fingerprint density at radius 1 is 1.14 bits per heavy atom. The third-order valence-electron chi connectivity index (χ3n) is 2.83. The number of carbonyl (C=O) groups is 1. The highest BCUT2D eigenvalue weighted by molar-refractivity contribution is 6.35. The van der Waals surface area contributed by atoms with Gasteiger partial charge in [0.2, 0.25) is 5.91 Å². The topological polar surface area (TPSA) is 38.3 Å². The van der Waals surface area contributed by atoms with E-state index >= 15 is 0 Å². The van der Waals surface area contributed by atoms with Gasteiger partial charge in [-0.05, 0) is 48.9 Å². The number of hydrogen-bond acceptors (Lipinski definition) is 2. The van der Waals surface area contributed by atoms with Crippen molar-refractivity contribution in [3.05, 3.63) is 58.3 Å². The Morgan fingerprint density at radius 3 is 2.55 bits per heavy atom. The molecule has 0 aliphatic rings. The van der Waals surface area contributed by atoms with Crippen molar-refractivity contribution < 1.29 is 13.9 Å². The fraction of sp³-hybridized carbons (Fsp3) is 0.188. The van der Waals surface area contributed by atoms with E-state index in [2.05, 4.69) is 5.32 Å². The Balaban J connectivity index is 1.72. The van der Waals surface area contributed by atoms with Crippen LogP contribution in [0.1, 0.15) is 12.8 Å². The lowest BCUT2D eigenvalue weighted by Crippen LogP contribution is -2.12. The first-order valence-electron chi connectivity index (χ1n) is 6.68. The summed E-state index contributed by atoms with van der Waals surface area (Å²) in [6.07, 6.45) is 0.828. The minimum Gasteiger partial charge on any atom is -0.492 e. The van der Waals surface area contributed by atoms with Crippen molar-refractivity contribution in [2.75, 3.05) is 11.9 Å². The molecule has 2 aromatic carbocycles. The van der Waals surface area contributed by atoms with Crippen LogP contribution in [0.4, 0.5) is 10.1 Å². The Bertz CT molecular complexity index is 647. The third kappa shape index (κ3) is 5.20. The van der Waals surface area contributed by atoms with Gasteiger partial charge >= 0.3 is 0 Å². The number of hydrogen-bond donors (Lipinski definition) is 1. The maximum absolute atomic E-state index is 12.7. The number of benzene rings is 2. The second-order valence-electron chi connectivity index (χ2n) is 4.58. The minimum atomic E-state index is -0.341. The van der Waals surface area contributed by atoms with Gasteiger partial charge in [0, 0.05) is 17.1 Å². The van der Waals surface area contributed by atoms with E-state index in [1.807, 2.05) is 0 Å². The molecule has 0 unspecified atom stereocenters. The molecule has 0 saturated carbocycles. The minimum absolute atomic E-state index is 0.155. The SMILES string of the molecule is O=C(CCCOc1ccc(Cl)cc1Cl)Nc1ccc(F)cc1. The molecule has 22 heavy (non-hydrogen) atoms. The van der Waals surface area contributed by atoms with Crippen molar-refractivity contribution >= 4 is 34.8 Å². The highest BCUT2D eigenvalue weighted by Crippen LogP contribution is 2.27. The van der Waals surface area contributed by atoms with Crippen LogP contribution < -0.4 is 10.1 Å². The average molecular weight is 342 g/mol. The number of anilines is 1. The van der Waals surface area contributed by atoms with Crippen molar-refractivity contribution in [3.63, 3.8) is 0 Å². The number of rotatable bonds is 6. The first kappa shape index (κ1) is 16.6. The van der Waals surface area contributed by atoms with Gasteiger partial charge in [0.1, 0.15) is 11.6 Å². The van der Waals surface area contributed by atoms with Gasteiger partial charge in [-0.3, -0.25) is 4.79 Å². The molecule has 0 aliphatic carbocycles. The Labute approximate surface area is 138 Å². The first-order chi connectivity index (χ1) is 10.5. The number of carbonyl (C=O) groups excluding carboxylic acids is 1. The molecule has 0 saturated heterocycles. The van der Waals surface area contributed by atoms with Gasteiger partial charge in [0.05, 0.1) is 11.6 Å². The molecule has 0 atom stereocenters. The molecule has 0 radical (unpaired) electrons. The molecule has 116 valence electrons. The van der Waals surface area contributed by atoms with Crippen molar-refractivity contribution in [3.8, 4) is 5.75 Å². The third-order valence-corrected chi connectivity index (χ3v) is 3.36. The van der Waals surface area contributed by atoms with Gasteiger partial charge in [-0.25, -0.2) is 4.39 Å². The molecule has 2 aromatic rings. The molecule has 0 heterocycles. The molecule has 1 N–H and O–H groups in total. The normalized spacial score (nSPS) is 10.3. The van der Waals surface area contributed by atoms with E-state index in [9.17, 15) is 9.18 Å². The summed E-state index contributed by atoms with van der Waals surface area (Å²) in [4.78, 5) is 11.7. The summed E-state index contributed by atoms with van der Waals surface area (Å²) in [5.74, 6) is 0.0358. The Morgan fingerprint density at radius 2 is 1.86 bits per heavy atom. The largest absolute Gasteiger partial charge is 0.492 e. The van der Waals surface area contributed by atoms with Crippen LogP contribution in [0.5, 0.6) is 5.75 Å². The lowest BCUT2D eigenvalue weighted by molar-refractivity contribution is -0.116. The van der Waals surface area contributed by atoms with Crippen LogP contribution in [0.25, 0.3) is 0 Å². The van der Waals surface area contributed by atoms with E-state index in [-0.39, 0.29) is 11.7 Å². The van der Waals surface area contributed by atoms with Gasteiger partial charge in [-0.2, -0.15) is 0 Å². The maximum Gasteiger partial charge on any atom is 0.224 e.